The summed E-state index contributed by atoms with van der Waals surface area (Å²) < 4.78 is 11.9. The van der Waals surface area contributed by atoms with Crippen molar-refractivity contribution >= 4 is 0 Å². The molecule has 0 spiro atoms. The van der Waals surface area contributed by atoms with Gasteiger partial charge in [-0.2, -0.15) is 0 Å². The fourth-order valence-corrected chi connectivity index (χ4v) is 7.42. The number of nitrogens with zero attached hydrogens (tertiary/aromatic N) is 5. The standard InChI is InChI=1S/C31H35N5O2/c1-24-31(27-15-9-4-10-16-27)29(26-13-7-3-8-14-26)35(24)21-30(23-38-20-19-37-18-17-33-34-32)22-36(31)28(30)25-11-5-2-6-12-25/h2-16,24,28-29H,17-23H2,1H3. The highest BCUT2D eigenvalue weighted by Crippen LogP contribution is 2.69. The van der Waals surface area contributed by atoms with Gasteiger partial charge in [0, 0.05) is 42.0 Å². The Morgan fingerprint density at radius 3 is 2.08 bits per heavy atom. The van der Waals surface area contributed by atoms with Crippen LogP contribution in [-0.2, 0) is 15.0 Å². The van der Waals surface area contributed by atoms with Gasteiger partial charge in [0.1, 0.15) is 0 Å². The van der Waals surface area contributed by atoms with Gasteiger partial charge in [-0.3, -0.25) is 9.80 Å². The van der Waals surface area contributed by atoms with Gasteiger partial charge in [0.2, 0.25) is 0 Å². The van der Waals surface area contributed by atoms with Crippen LogP contribution in [0.2, 0.25) is 0 Å². The molecule has 7 unspecified atom stereocenters. The van der Waals surface area contributed by atoms with Gasteiger partial charge < -0.3 is 9.47 Å². The Morgan fingerprint density at radius 2 is 1.42 bits per heavy atom. The molecule has 0 saturated carbocycles. The van der Waals surface area contributed by atoms with Crippen LogP contribution >= 0.6 is 0 Å². The molecule has 6 rings (SSSR count). The molecule has 3 fully saturated rings. The zero-order valence-electron chi connectivity index (χ0n) is 21.9. The van der Waals surface area contributed by atoms with Crippen molar-refractivity contribution < 1.29 is 9.47 Å². The smallest absolute Gasteiger partial charge is 0.0820 e. The summed E-state index contributed by atoms with van der Waals surface area (Å²) in [5, 5.41) is 3.52. The molecule has 3 aromatic rings. The highest BCUT2D eigenvalue weighted by molar-refractivity contribution is 5.45. The summed E-state index contributed by atoms with van der Waals surface area (Å²) in [6.45, 7) is 6.85. The largest absolute Gasteiger partial charge is 0.379 e. The monoisotopic (exact) mass is 509 g/mol. The minimum absolute atomic E-state index is 0.0131. The molecule has 0 N–H and O–H groups in total. The summed E-state index contributed by atoms with van der Waals surface area (Å²) in [7, 11) is 0. The van der Waals surface area contributed by atoms with Crippen molar-refractivity contribution in [1.29, 1.82) is 0 Å². The Balaban J connectivity index is 1.34. The molecule has 3 saturated heterocycles. The van der Waals surface area contributed by atoms with Crippen molar-refractivity contribution in [3.63, 3.8) is 0 Å². The molecule has 7 heteroatoms. The average Bonchev–Trinajstić information content (AvgIpc) is 3.27. The van der Waals surface area contributed by atoms with Gasteiger partial charge in [-0.05, 0) is 29.1 Å². The highest BCUT2D eigenvalue weighted by atomic mass is 16.5. The van der Waals surface area contributed by atoms with Gasteiger partial charge in [-0.1, -0.05) is 96.1 Å². The molecular weight excluding hydrogens is 474 g/mol. The molecule has 7 nitrogen and oxygen atoms in total. The van der Waals surface area contributed by atoms with Gasteiger partial charge in [-0.15, -0.1) is 0 Å². The van der Waals surface area contributed by atoms with Crippen LogP contribution in [0.15, 0.2) is 96.1 Å². The molecule has 3 aliphatic heterocycles. The molecule has 3 heterocycles. The number of fused-ring (bicyclic) bond motifs is 5. The number of hydrogen-bond donors (Lipinski definition) is 0. The van der Waals surface area contributed by atoms with E-state index in [2.05, 4.69) is 118 Å². The van der Waals surface area contributed by atoms with E-state index in [0.717, 1.165) is 13.1 Å². The van der Waals surface area contributed by atoms with E-state index < -0.39 is 0 Å². The van der Waals surface area contributed by atoms with E-state index in [-0.39, 0.29) is 23.0 Å². The summed E-state index contributed by atoms with van der Waals surface area (Å²) in [5.41, 5.74) is 12.4. The molecule has 7 atom stereocenters. The average molecular weight is 510 g/mol. The number of hydrogen-bond acceptors (Lipinski definition) is 5. The first kappa shape index (κ1) is 25.1. The van der Waals surface area contributed by atoms with E-state index in [1.807, 2.05) is 0 Å². The molecular formula is C31H35N5O2. The summed E-state index contributed by atoms with van der Waals surface area (Å²) >= 11 is 0. The lowest BCUT2D eigenvalue weighted by Gasteiger charge is -2.68. The van der Waals surface area contributed by atoms with E-state index in [0.29, 0.717) is 39.0 Å². The van der Waals surface area contributed by atoms with Crippen molar-refractivity contribution in [3.05, 3.63) is 118 Å². The van der Waals surface area contributed by atoms with E-state index >= 15 is 0 Å². The Bertz CT molecular complexity index is 1270. The summed E-state index contributed by atoms with van der Waals surface area (Å²) in [6, 6.07) is 34.0. The predicted molar refractivity (Wildman–Crippen MR) is 147 cm³/mol. The van der Waals surface area contributed by atoms with Crippen molar-refractivity contribution in [1.82, 2.24) is 9.80 Å². The van der Waals surface area contributed by atoms with E-state index in [9.17, 15) is 0 Å². The lowest BCUT2D eigenvalue weighted by atomic mass is 9.62. The van der Waals surface area contributed by atoms with Gasteiger partial charge in [-0.25, -0.2) is 0 Å². The van der Waals surface area contributed by atoms with Gasteiger partial charge in [0.05, 0.1) is 38.0 Å². The van der Waals surface area contributed by atoms with Crippen LogP contribution in [0.3, 0.4) is 0 Å². The Labute approximate surface area is 224 Å². The first-order valence-corrected chi connectivity index (χ1v) is 13.6. The number of rotatable bonds is 11. The molecule has 196 valence electrons. The second kappa shape index (κ2) is 10.5. The quantitative estimate of drug-likeness (QED) is 0.143. The van der Waals surface area contributed by atoms with Crippen LogP contribution in [-0.4, -0.2) is 61.9 Å². The van der Waals surface area contributed by atoms with Crippen molar-refractivity contribution in [2.24, 2.45) is 10.5 Å². The fraction of sp³-hybridized carbons (Fsp3) is 0.419. The first-order valence-electron chi connectivity index (χ1n) is 13.6. The lowest BCUT2D eigenvalue weighted by Crippen LogP contribution is -2.74. The minimum atomic E-state index is -0.118. The van der Waals surface area contributed by atoms with Crippen LogP contribution < -0.4 is 0 Å². The molecule has 4 bridgehead atoms. The van der Waals surface area contributed by atoms with Crippen LogP contribution in [0.5, 0.6) is 0 Å². The summed E-state index contributed by atoms with van der Waals surface area (Å²) in [4.78, 5) is 8.26. The highest BCUT2D eigenvalue weighted by Gasteiger charge is 2.74. The normalized spacial score (nSPS) is 32.8. The molecule has 0 aromatic heterocycles. The predicted octanol–water partition coefficient (Wildman–Crippen LogP) is 5.73. The number of benzene rings is 3. The Kier molecular flexibility index (Phi) is 6.95. The SMILES string of the molecule is CC1N2CC3(COCCOCCN=[N+]=[N-])CN(C3c3ccccc3)C1(c1ccccc1)C2c1ccccc1. The Hall–Kier alpha value is -3.19. The third-order valence-electron chi connectivity index (χ3n) is 8.86. The zero-order valence-corrected chi connectivity index (χ0v) is 21.9. The van der Waals surface area contributed by atoms with Crippen LogP contribution in [0.1, 0.15) is 35.7 Å². The van der Waals surface area contributed by atoms with Crippen molar-refractivity contribution in [2.45, 2.75) is 30.6 Å². The maximum absolute atomic E-state index is 8.42. The van der Waals surface area contributed by atoms with Crippen LogP contribution in [0.25, 0.3) is 10.4 Å². The molecule has 0 amide bonds. The second-order valence-corrected chi connectivity index (χ2v) is 10.8. The van der Waals surface area contributed by atoms with E-state index in [4.69, 9.17) is 15.0 Å². The Morgan fingerprint density at radius 1 is 0.816 bits per heavy atom. The summed E-state index contributed by atoms with van der Waals surface area (Å²) in [6.07, 6.45) is 0. The second-order valence-electron chi connectivity index (χ2n) is 10.8. The van der Waals surface area contributed by atoms with Gasteiger partial charge in [0.25, 0.3) is 0 Å². The minimum Gasteiger partial charge on any atom is -0.379 e. The number of ether oxygens (including phenoxy) is 2. The zero-order chi connectivity index (χ0) is 26.0. The first-order chi connectivity index (χ1) is 18.7. The topological polar surface area (TPSA) is 73.7 Å². The number of azide groups is 1. The van der Waals surface area contributed by atoms with E-state index in [1.165, 1.54) is 16.7 Å². The van der Waals surface area contributed by atoms with E-state index in [1.54, 1.807) is 0 Å². The maximum atomic E-state index is 8.42. The van der Waals surface area contributed by atoms with Crippen LogP contribution in [0, 0.1) is 5.41 Å². The van der Waals surface area contributed by atoms with Gasteiger partial charge in [0.15, 0.2) is 0 Å². The van der Waals surface area contributed by atoms with Crippen LogP contribution in [0.4, 0.5) is 0 Å². The lowest BCUT2D eigenvalue weighted by molar-refractivity contribution is -0.190. The third-order valence-corrected chi connectivity index (χ3v) is 8.86. The summed E-state index contributed by atoms with van der Waals surface area (Å²) in [5.74, 6) is 0. The molecule has 3 aliphatic rings. The molecule has 38 heavy (non-hydrogen) atoms. The fourth-order valence-electron chi connectivity index (χ4n) is 7.42. The van der Waals surface area contributed by atoms with Crippen molar-refractivity contribution in [3.8, 4) is 0 Å². The molecule has 3 aromatic carbocycles. The molecule has 0 aliphatic carbocycles. The third kappa shape index (κ3) is 3.94. The maximum Gasteiger partial charge on any atom is 0.0820 e. The van der Waals surface area contributed by atoms with Gasteiger partial charge >= 0.3 is 0 Å². The van der Waals surface area contributed by atoms with Crippen molar-refractivity contribution in [2.75, 3.05) is 46.1 Å². The molecule has 0 radical (unpaired) electrons.